The summed E-state index contributed by atoms with van der Waals surface area (Å²) >= 11 is 0. The van der Waals surface area contributed by atoms with E-state index in [9.17, 15) is 0 Å². The van der Waals surface area contributed by atoms with Crippen molar-refractivity contribution in [1.82, 2.24) is 10.6 Å². The Morgan fingerprint density at radius 1 is 1.17 bits per heavy atom. The lowest BCUT2D eigenvalue weighted by molar-refractivity contribution is 0.534. The summed E-state index contributed by atoms with van der Waals surface area (Å²) in [6.07, 6.45) is 0. The molecule has 0 aromatic rings. The molecule has 1 heterocycles. The number of nitrogens with one attached hydrogen (secondary N) is 2. The molecule has 0 aromatic heterocycles. The van der Waals surface area contributed by atoms with E-state index in [1.54, 1.807) is 0 Å². The summed E-state index contributed by atoms with van der Waals surface area (Å²) in [6.45, 7) is -6.90. The SMILES string of the molecule is [2H]C1NC([2H])([2H])C([2H])NC1([2H])[2H]. The summed E-state index contributed by atoms with van der Waals surface area (Å²) in [6, 6.07) is 0. The number of rotatable bonds is 0. The molecule has 1 aliphatic rings. The zero-order valence-electron chi connectivity index (χ0n) is 9.15. The first kappa shape index (κ1) is 1.01. The Hall–Kier alpha value is -0.0800. The second-order valence-electron chi connectivity index (χ2n) is 0.866. The third-order valence-corrected chi connectivity index (χ3v) is 0.455. The minimum Gasteiger partial charge on any atom is -0.314 e. The van der Waals surface area contributed by atoms with Crippen molar-refractivity contribution in [3.8, 4) is 0 Å². The summed E-state index contributed by atoms with van der Waals surface area (Å²) in [7, 11) is 0. The first-order valence-electron chi connectivity index (χ1n) is 4.81. The van der Waals surface area contributed by atoms with Crippen LogP contribution in [0.5, 0.6) is 0 Å². The van der Waals surface area contributed by atoms with Crippen LogP contribution >= 0.6 is 0 Å². The largest absolute Gasteiger partial charge is 0.314 e. The Morgan fingerprint density at radius 2 is 1.67 bits per heavy atom. The number of hydrogen-bond acceptors (Lipinski definition) is 2. The zero-order valence-corrected chi connectivity index (χ0v) is 3.15. The van der Waals surface area contributed by atoms with Gasteiger partial charge in [0.1, 0.15) is 0 Å². The first-order valence-corrected chi connectivity index (χ1v) is 1.65. The van der Waals surface area contributed by atoms with Crippen molar-refractivity contribution < 1.29 is 8.22 Å². The molecule has 0 saturated carbocycles. The van der Waals surface area contributed by atoms with E-state index in [1.807, 2.05) is 0 Å². The highest BCUT2D eigenvalue weighted by molar-refractivity contribution is 4.59. The van der Waals surface area contributed by atoms with Crippen LogP contribution in [0.3, 0.4) is 0 Å². The van der Waals surface area contributed by atoms with E-state index in [2.05, 4.69) is 10.6 Å². The first-order chi connectivity index (χ1) is 5.26. The molecule has 2 N–H and O–H groups in total. The summed E-state index contributed by atoms with van der Waals surface area (Å²) in [5, 5.41) is 4.14. The van der Waals surface area contributed by atoms with E-state index in [4.69, 9.17) is 8.22 Å². The van der Waals surface area contributed by atoms with Crippen molar-refractivity contribution in [2.45, 2.75) is 0 Å². The Bertz CT molecular complexity index is 162. The van der Waals surface area contributed by atoms with Crippen LogP contribution in [0.4, 0.5) is 0 Å². The lowest BCUT2D eigenvalue weighted by Crippen LogP contribution is -2.39. The van der Waals surface area contributed by atoms with E-state index >= 15 is 0 Å². The van der Waals surface area contributed by atoms with Crippen molar-refractivity contribution in [2.75, 3.05) is 26.0 Å². The average molecular weight is 92.2 g/mol. The third kappa shape index (κ3) is 0.954. The molecule has 0 bridgehead atoms. The van der Waals surface area contributed by atoms with Gasteiger partial charge in [0.15, 0.2) is 0 Å². The molecule has 0 radical (unpaired) electrons. The second kappa shape index (κ2) is 2.16. The van der Waals surface area contributed by atoms with Gasteiger partial charge in [0.25, 0.3) is 0 Å². The fourth-order valence-electron chi connectivity index (χ4n) is 0.239. The van der Waals surface area contributed by atoms with Gasteiger partial charge in [-0.05, 0) is 0 Å². The molecular formula is C4H10N2. The van der Waals surface area contributed by atoms with Crippen LogP contribution in [-0.4, -0.2) is 26.0 Å². The van der Waals surface area contributed by atoms with Crippen molar-refractivity contribution in [3.05, 3.63) is 0 Å². The van der Waals surface area contributed by atoms with E-state index in [0.29, 0.717) is 0 Å². The highest BCUT2D eigenvalue weighted by Gasteiger charge is 1.91. The van der Waals surface area contributed by atoms with Gasteiger partial charge in [-0.15, -0.1) is 0 Å². The van der Waals surface area contributed by atoms with Gasteiger partial charge in [0.2, 0.25) is 0 Å². The van der Waals surface area contributed by atoms with Crippen LogP contribution in [0.15, 0.2) is 0 Å². The minimum atomic E-state index is -2.06. The van der Waals surface area contributed by atoms with Gasteiger partial charge in [-0.25, -0.2) is 0 Å². The van der Waals surface area contributed by atoms with E-state index in [1.165, 1.54) is 0 Å². The minimum absolute atomic E-state index is 1.39. The molecule has 0 spiro atoms. The topological polar surface area (TPSA) is 24.1 Å². The second-order valence-corrected chi connectivity index (χ2v) is 0.866. The van der Waals surface area contributed by atoms with Gasteiger partial charge in [-0.3, -0.25) is 0 Å². The summed E-state index contributed by atoms with van der Waals surface area (Å²) < 4.78 is 42.9. The lowest BCUT2D eigenvalue weighted by atomic mass is 10.4. The van der Waals surface area contributed by atoms with Gasteiger partial charge in [-0.1, -0.05) is 0 Å². The zero-order chi connectivity index (χ0) is 9.57. The lowest BCUT2D eigenvalue weighted by Gasteiger charge is -2.11. The van der Waals surface area contributed by atoms with E-state index in [-0.39, 0.29) is 0 Å². The molecule has 1 rings (SSSR count). The smallest absolute Gasteiger partial charge is 0.0441 e. The van der Waals surface area contributed by atoms with Crippen LogP contribution in [0, 0.1) is 0 Å². The summed E-state index contributed by atoms with van der Waals surface area (Å²) in [5.74, 6) is 0. The van der Waals surface area contributed by atoms with Crippen LogP contribution < -0.4 is 10.6 Å². The predicted molar refractivity (Wildman–Crippen MR) is 25.7 cm³/mol. The normalized spacial score (nSPS) is 80.0. The van der Waals surface area contributed by atoms with Crippen molar-refractivity contribution >= 4 is 0 Å². The maximum Gasteiger partial charge on any atom is 0.0441 e. The maximum atomic E-state index is 7.16. The highest BCUT2D eigenvalue weighted by atomic mass is 15.0. The van der Waals surface area contributed by atoms with Crippen molar-refractivity contribution in [1.29, 1.82) is 0 Å². The molecular weight excluding hydrogens is 76.1 g/mol. The number of hydrogen-bond donors (Lipinski definition) is 2. The van der Waals surface area contributed by atoms with Crippen LogP contribution in [0.2, 0.25) is 0 Å². The molecule has 0 aromatic carbocycles. The van der Waals surface area contributed by atoms with Gasteiger partial charge < -0.3 is 10.6 Å². The molecule has 1 saturated heterocycles. The molecule has 2 heteroatoms. The summed E-state index contributed by atoms with van der Waals surface area (Å²) in [5.41, 5.74) is 0. The average Bonchev–Trinajstić information content (AvgIpc) is 1.82. The van der Waals surface area contributed by atoms with Gasteiger partial charge in [-0.2, -0.15) is 0 Å². The van der Waals surface area contributed by atoms with Gasteiger partial charge >= 0.3 is 0 Å². The molecule has 6 heavy (non-hydrogen) atoms. The fraction of sp³-hybridized carbons (Fsp3) is 1.00. The molecule has 2 nitrogen and oxygen atoms in total. The van der Waals surface area contributed by atoms with Gasteiger partial charge in [0, 0.05) is 34.3 Å². The quantitative estimate of drug-likeness (QED) is 0.408. The van der Waals surface area contributed by atoms with E-state index < -0.39 is 26.0 Å². The van der Waals surface area contributed by atoms with Crippen LogP contribution in [0.1, 0.15) is 8.22 Å². The Balaban J connectivity index is 2.76. The molecule has 2 unspecified atom stereocenters. The molecule has 0 amide bonds. The Morgan fingerprint density at radius 3 is 2.17 bits per heavy atom. The molecule has 2 atom stereocenters. The molecule has 1 aliphatic heterocycles. The predicted octanol–water partition coefficient (Wildman–Crippen LogP) is -0.821. The molecule has 1 fully saturated rings. The van der Waals surface area contributed by atoms with Gasteiger partial charge in [0.05, 0.1) is 0 Å². The Kier molecular flexibility index (Phi) is 0.363. The van der Waals surface area contributed by atoms with E-state index in [0.717, 1.165) is 0 Å². The molecule has 0 aliphatic carbocycles. The van der Waals surface area contributed by atoms with Crippen molar-refractivity contribution in [2.24, 2.45) is 0 Å². The monoisotopic (exact) mass is 92.1 g/mol. The summed E-state index contributed by atoms with van der Waals surface area (Å²) in [4.78, 5) is 0. The standard InChI is InChI=1S/C4H10N2/c1-2-6-4-3-5-1/h5-6H,1-4H2/i1D,2D2,3D2,4D. The molecule has 36 valence electrons. The van der Waals surface area contributed by atoms with Crippen LogP contribution in [-0.2, 0) is 0 Å². The number of piperazine rings is 1. The highest BCUT2D eigenvalue weighted by Crippen LogP contribution is 1.65. The van der Waals surface area contributed by atoms with Crippen LogP contribution in [0.25, 0.3) is 0 Å². The fourth-order valence-corrected chi connectivity index (χ4v) is 0.239. The Labute approximate surface area is 46.4 Å². The van der Waals surface area contributed by atoms with Crippen molar-refractivity contribution in [3.63, 3.8) is 0 Å². The third-order valence-electron chi connectivity index (χ3n) is 0.455. The maximum absolute atomic E-state index is 7.16.